The smallest absolute Gasteiger partial charge is 0.320 e. The summed E-state index contributed by atoms with van der Waals surface area (Å²) in [5, 5.41) is 2.05. The number of sulfone groups is 1. The van der Waals surface area contributed by atoms with Crippen molar-refractivity contribution in [2.45, 2.75) is 11.1 Å². The van der Waals surface area contributed by atoms with Crippen molar-refractivity contribution < 1.29 is 21.6 Å². The molecule has 1 aromatic carbocycles. The van der Waals surface area contributed by atoms with E-state index in [0.29, 0.717) is 5.13 Å². The minimum atomic E-state index is -4.75. The van der Waals surface area contributed by atoms with Gasteiger partial charge in [-0.3, -0.25) is 0 Å². The molecule has 0 radical (unpaired) electrons. The fourth-order valence-electron chi connectivity index (χ4n) is 1.89. The molecule has 21 heavy (non-hydrogen) atoms. The van der Waals surface area contributed by atoms with Crippen LogP contribution in [0.25, 0.3) is 0 Å². The van der Waals surface area contributed by atoms with E-state index in [1.165, 1.54) is 41.6 Å². The molecule has 9 heteroatoms. The third-order valence-electron chi connectivity index (χ3n) is 2.74. The highest BCUT2D eigenvalue weighted by Crippen LogP contribution is 2.40. The summed E-state index contributed by atoms with van der Waals surface area (Å²) in [4.78, 5) is 4.57. The Hall–Kier alpha value is -1.61. The van der Waals surface area contributed by atoms with Gasteiger partial charge in [-0.15, -0.1) is 11.3 Å². The van der Waals surface area contributed by atoms with Gasteiger partial charge in [0.1, 0.15) is 4.90 Å². The highest BCUT2D eigenvalue weighted by molar-refractivity contribution is 7.91. The topological polar surface area (TPSA) is 50.3 Å². The van der Waals surface area contributed by atoms with Gasteiger partial charge in [0.25, 0.3) is 0 Å². The minimum absolute atomic E-state index is 0.0534. The van der Waals surface area contributed by atoms with E-state index in [1.54, 1.807) is 5.38 Å². The molecule has 0 aliphatic heterocycles. The normalized spacial score (nSPS) is 12.4. The molecule has 1 heterocycles. The lowest BCUT2D eigenvalue weighted by molar-refractivity contribution is -0.139. The average molecular weight is 336 g/mol. The van der Waals surface area contributed by atoms with Gasteiger partial charge in [0.2, 0.25) is 0 Å². The van der Waals surface area contributed by atoms with Crippen LogP contribution >= 0.6 is 11.3 Å². The zero-order valence-electron chi connectivity index (χ0n) is 11.0. The SMILES string of the molecule is CN(c1nccs1)c1cccc(C(F)(F)F)c1S(C)(=O)=O. The van der Waals surface area contributed by atoms with E-state index in [-0.39, 0.29) is 5.69 Å². The first-order valence-corrected chi connectivity index (χ1v) is 8.43. The summed E-state index contributed by atoms with van der Waals surface area (Å²) in [6.07, 6.45) is -2.50. The number of aromatic nitrogens is 1. The molecule has 0 fully saturated rings. The van der Waals surface area contributed by atoms with Crippen LogP contribution in [0.15, 0.2) is 34.7 Å². The summed E-state index contributed by atoms with van der Waals surface area (Å²) in [6, 6.07) is 3.26. The standard InChI is InChI=1S/C12H11F3N2O2S2/c1-17(11-16-6-7-20-11)9-5-3-4-8(12(13,14)15)10(9)21(2,18)19/h3-7H,1-2H3. The van der Waals surface area contributed by atoms with Gasteiger partial charge in [0.05, 0.1) is 11.3 Å². The van der Waals surface area contributed by atoms with Crippen molar-refractivity contribution in [1.29, 1.82) is 0 Å². The molecule has 0 spiro atoms. The van der Waals surface area contributed by atoms with Crippen LogP contribution in [0.5, 0.6) is 0 Å². The van der Waals surface area contributed by atoms with Gasteiger partial charge < -0.3 is 4.90 Å². The van der Waals surface area contributed by atoms with Crippen LogP contribution < -0.4 is 4.90 Å². The van der Waals surface area contributed by atoms with Crippen molar-refractivity contribution in [3.63, 3.8) is 0 Å². The predicted molar refractivity (Wildman–Crippen MR) is 74.7 cm³/mol. The van der Waals surface area contributed by atoms with Gasteiger partial charge in [0.15, 0.2) is 15.0 Å². The zero-order chi connectivity index (χ0) is 15.8. The zero-order valence-corrected chi connectivity index (χ0v) is 12.7. The van der Waals surface area contributed by atoms with E-state index in [9.17, 15) is 21.6 Å². The third kappa shape index (κ3) is 3.18. The van der Waals surface area contributed by atoms with Gasteiger partial charge in [-0.1, -0.05) is 6.07 Å². The fourth-order valence-corrected chi connectivity index (χ4v) is 3.68. The van der Waals surface area contributed by atoms with E-state index in [2.05, 4.69) is 4.98 Å². The van der Waals surface area contributed by atoms with Crippen molar-refractivity contribution in [2.24, 2.45) is 0 Å². The molecule has 0 amide bonds. The Labute approximate surface area is 123 Å². The average Bonchev–Trinajstić information content (AvgIpc) is 2.88. The van der Waals surface area contributed by atoms with Gasteiger partial charge in [-0.2, -0.15) is 13.2 Å². The van der Waals surface area contributed by atoms with Crippen molar-refractivity contribution in [2.75, 3.05) is 18.2 Å². The number of benzene rings is 1. The van der Waals surface area contributed by atoms with Gasteiger partial charge in [-0.25, -0.2) is 13.4 Å². The maximum Gasteiger partial charge on any atom is 0.417 e. The highest BCUT2D eigenvalue weighted by atomic mass is 32.2. The number of alkyl halides is 3. The number of rotatable bonds is 3. The molecule has 0 aliphatic rings. The van der Waals surface area contributed by atoms with E-state index in [4.69, 9.17) is 0 Å². The molecular formula is C12H11F3N2O2S2. The molecule has 0 aliphatic carbocycles. The number of halogens is 3. The van der Waals surface area contributed by atoms with Crippen LogP contribution in [-0.4, -0.2) is 26.7 Å². The molecule has 0 atom stereocenters. The van der Waals surface area contributed by atoms with Gasteiger partial charge in [0, 0.05) is 24.9 Å². The van der Waals surface area contributed by atoms with Crippen LogP contribution in [0, 0.1) is 0 Å². The Morgan fingerprint density at radius 3 is 2.43 bits per heavy atom. The molecule has 1 aromatic heterocycles. The molecular weight excluding hydrogens is 325 g/mol. The first kappa shape index (κ1) is 15.8. The molecule has 0 unspecified atom stereocenters. The number of nitrogens with zero attached hydrogens (tertiary/aromatic N) is 2. The van der Waals surface area contributed by atoms with Crippen molar-refractivity contribution in [3.05, 3.63) is 35.3 Å². The maximum absolute atomic E-state index is 13.1. The fraction of sp³-hybridized carbons (Fsp3) is 0.250. The second kappa shape index (κ2) is 5.30. The maximum atomic E-state index is 13.1. The first-order chi connectivity index (χ1) is 9.62. The first-order valence-electron chi connectivity index (χ1n) is 5.66. The predicted octanol–water partition coefficient (Wildman–Crippen LogP) is 3.33. The Morgan fingerprint density at radius 2 is 1.95 bits per heavy atom. The monoisotopic (exact) mass is 336 g/mol. The number of thiazole rings is 1. The van der Waals surface area contributed by atoms with Crippen LogP contribution in [-0.2, 0) is 16.0 Å². The van der Waals surface area contributed by atoms with Gasteiger partial charge in [-0.05, 0) is 12.1 Å². The lowest BCUT2D eigenvalue weighted by Crippen LogP contribution is -2.18. The molecule has 0 saturated heterocycles. The van der Waals surface area contributed by atoms with Gasteiger partial charge >= 0.3 is 6.18 Å². The molecule has 2 aromatic rings. The summed E-state index contributed by atoms with van der Waals surface area (Å²) in [7, 11) is -2.59. The Balaban J connectivity index is 2.73. The van der Waals surface area contributed by atoms with E-state index < -0.39 is 26.5 Å². The van der Waals surface area contributed by atoms with E-state index in [1.807, 2.05) is 0 Å². The quantitative estimate of drug-likeness (QED) is 0.863. The molecule has 4 nitrogen and oxygen atoms in total. The Bertz CT molecular complexity index is 740. The van der Waals surface area contributed by atoms with Crippen LogP contribution in [0.2, 0.25) is 0 Å². The Kier molecular flexibility index (Phi) is 3.98. The van der Waals surface area contributed by atoms with E-state index in [0.717, 1.165) is 12.3 Å². The molecule has 0 saturated carbocycles. The summed E-state index contributed by atoms with van der Waals surface area (Å²) in [5.41, 5.74) is -1.23. The second-order valence-corrected chi connectivity index (χ2v) is 7.12. The Morgan fingerprint density at radius 1 is 1.29 bits per heavy atom. The molecule has 0 bridgehead atoms. The van der Waals surface area contributed by atoms with E-state index >= 15 is 0 Å². The largest absolute Gasteiger partial charge is 0.417 e. The minimum Gasteiger partial charge on any atom is -0.320 e. The van der Waals surface area contributed by atoms with Crippen LogP contribution in [0.4, 0.5) is 24.0 Å². The molecule has 0 N–H and O–H groups in total. The van der Waals surface area contributed by atoms with Crippen molar-refractivity contribution in [1.82, 2.24) is 4.98 Å². The number of hydrogen-bond donors (Lipinski definition) is 0. The molecule has 2 rings (SSSR count). The third-order valence-corrected chi connectivity index (χ3v) is 4.76. The van der Waals surface area contributed by atoms with Crippen LogP contribution in [0.1, 0.15) is 5.56 Å². The number of hydrogen-bond acceptors (Lipinski definition) is 5. The lowest BCUT2D eigenvalue weighted by atomic mass is 10.2. The van der Waals surface area contributed by atoms with Crippen molar-refractivity contribution >= 4 is 32.0 Å². The second-order valence-electron chi connectivity index (χ2n) is 4.30. The highest BCUT2D eigenvalue weighted by Gasteiger charge is 2.38. The van der Waals surface area contributed by atoms with Crippen LogP contribution in [0.3, 0.4) is 0 Å². The summed E-state index contributed by atoms with van der Waals surface area (Å²) < 4.78 is 62.9. The van der Waals surface area contributed by atoms with Crippen molar-refractivity contribution in [3.8, 4) is 0 Å². The summed E-state index contributed by atoms with van der Waals surface area (Å²) in [6.45, 7) is 0. The number of anilines is 2. The molecule has 114 valence electrons. The lowest BCUT2D eigenvalue weighted by Gasteiger charge is -2.22. The summed E-state index contributed by atoms with van der Waals surface area (Å²) in [5.74, 6) is 0. The summed E-state index contributed by atoms with van der Waals surface area (Å²) >= 11 is 1.20.